The van der Waals surface area contributed by atoms with Gasteiger partial charge in [0, 0.05) is 39.1 Å². The molecule has 52 heavy (non-hydrogen) atoms. The van der Waals surface area contributed by atoms with E-state index in [1.807, 2.05) is 30.3 Å². The molecule has 1 aliphatic heterocycles. The van der Waals surface area contributed by atoms with Gasteiger partial charge in [-0.1, -0.05) is 115 Å². The first-order valence-corrected chi connectivity index (χ1v) is 17.5. The fraction of sp³-hybridized carbons (Fsp3) is 0. The molecule has 2 heterocycles. The van der Waals surface area contributed by atoms with Gasteiger partial charge < -0.3 is 19.0 Å². The molecule has 0 aliphatic carbocycles. The Morgan fingerprint density at radius 1 is 0.404 bits per heavy atom. The number of ether oxygens (including phenoxy) is 1. The van der Waals surface area contributed by atoms with Crippen LogP contribution in [0.1, 0.15) is 0 Å². The average molecular weight is 669 g/mol. The Balaban J connectivity index is 0.990. The van der Waals surface area contributed by atoms with Gasteiger partial charge in [0.2, 0.25) is 0 Å². The standard InChI is InChI=1S/C48H32N2O2/c1-3-12-36(13-4-1)49(39-29-24-34(25-30-39)40-17-11-18-42-41-16-7-9-20-45(41)52-48(40)42)38-27-22-33(23-28-38)35-26-31-44-47(32-35)51-46-21-10-8-19-43(46)50(44)37-14-5-2-6-15-37/h1-32H. The Morgan fingerprint density at radius 2 is 1.00 bits per heavy atom. The number of benzene rings is 8. The molecule has 1 aliphatic rings. The molecule has 0 saturated heterocycles. The molecule has 0 atom stereocenters. The zero-order valence-electron chi connectivity index (χ0n) is 28.2. The van der Waals surface area contributed by atoms with Crippen molar-refractivity contribution in [1.29, 1.82) is 0 Å². The fourth-order valence-electron chi connectivity index (χ4n) is 7.38. The highest BCUT2D eigenvalue weighted by Crippen LogP contribution is 2.51. The van der Waals surface area contributed by atoms with E-state index in [4.69, 9.17) is 9.15 Å². The Hall–Kier alpha value is -7.04. The SMILES string of the molecule is c1ccc(N(c2ccc(-c3ccc4c(c3)Oc3ccccc3N4c3ccccc3)cc2)c2ccc(-c3cccc4c3oc3ccccc34)cc2)cc1. The van der Waals surface area contributed by atoms with Crippen LogP contribution >= 0.6 is 0 Å². The second-order valence-corrected chi connectivity index (χ2v) is 13.0. The van der Waals surface area contributed by atoms with Crippen LogP contribution in [-0.2, 0) is 0 Å². The van der Waals surface area contributed by atoms with Gasteiger partial charge in [0.05, 0.1) is 11.4 Å². The molecule has 8 aromatic carbocycles. The number of anilines is 6. The summed E-state index contributed by atoms with van der Waals surface area (Å²) in [5.74, 6) is 1.67. The predicted molar refractivity (Wildman–Crippen MR) is 214 cm³/mol. The number of para-hydroxylation sites is 6. The molecule has 0 amide bonds. The van der Waals surface area contributed by atoms with Crippen molar-refractivity contribution >= 4 is 56.1 Å². The maximum absolute atomic E-state index is 6.49. The largest absolute Gasteiger partial charge is 0.455 e. The minimum atomic E-state index is 0.827. The van der Waals surface area contributed by atoms with Gasteiger partial charge in [-0.3, -0.25) is 0 Å². The normalized spacial score (nSPS) is 12.0. The van der Waals surface area contributed by atoms with Crippen LogP contribution in [0.5, 0.6) is 11.5 Å². The van der Waals surface area contributed by atoms with E-state index in [0.717, 1.165) is 89.8 Å². The van der Waals surface area contributed by atoms with Crippen molar-refractivity contribution in [1.82, 2.24) is 0 Å². The molecule has 246 valence electrons. The molecule has 4 heteroatoms. The number of hydrogen-bond acceptors (Lipinski definition) is 4. The van der Waals surface area contributed by atoms with Crippen LogP contribution in [0.2, 0.25) is 0 Å². The summed E-state index contributed by atoms with van der Waals surface area (Å²) in [7, 11) is 0. The maximum atomic E-state index is 6.49. The van der Waals surface area contributed by atoms with E-state index in [1.54, 1.807) is 0 Å². The third kappa shape index (κ3) is 5.09. The van der Waals surface area contributed by atoms with Crippen molar-refractivity contribution in [3.8, 4) is 33.8 Å². The lowest BCUT2D eigenvalue weighted by atomic mass is 10.0. The Kier molecular flexibility index (Phi) is 7.10. The second-order valence-electron chi connectivity index (χ2n) is 13.0. The summed E-state index contributed by atoms with van der Waals surface area (Å²) in [6.45, 7) is 0. The highest BCUT2D eigenvalue weighted by atomic mass is 16.5. The minimum absolute atomic E-state index is 0.827. The summed E-state index contributed by atoms with van der Waals surface area (Å²) in [6, 6.07) is 67.7. The van der Waals surface area contributed by atoms with Crippen LogP contribution in [0.3, 0.4) is 0 Å². The number of hydrogen-bond donors (Lipinski definition) is 0. The summed E-state index contributed by atoms with van der Waals surface area (Å²) < 4.78 is 12.8. The zero-order chi connectivity index (χ0) is 34.4. The van der Waals surface area contributed by atoms with Crippen LogP contribution in [0.25, 0.3) is 44.2 Å². The quantitative estimate of drug-likeness (QED) is 0.176. The van der Waals surface area contributed by atoms with Gasteiger partial charge in [-0.2, -0.15) is 0 Å². The molecular weight excluding hydrogens is 637 g/mol. The molecule has 0 bridgehead atoms. The molecule has 4 nitrogen and oxygen atoms in total. The highest BCUT2D eigenvalue weighted by Gasteiger charge is 2.26. The maximum Gasteiger partial charge on any atom is 0.152 e. The number of rotatable bonds is 6. The molecule has 0 radical (unpaired) electrons. The number of nitrogens with zero attached hydrogens (tertiary/aromatic N) is 2. The van der Waals surface area contributed by atoms with Crippen molar-refractivity contribution in [2.45, 2.75) is 0 Å². The van der Waals surface area contributed by atoms with E-state index in [1.165, 1.54) is 0 Å². The Bertz CT molecular complexity index is 2700. The van der Waals surface area contributed by atoms with Gasteiger partial charge in [0.25, 0.3) is 0 Å². The van der Waals surface area contributed by atoms with E-state index in [2.05, 4.69) is 174 Å². The summed E-state index contributed by atoms with van der Waals surface area (Å²) in [5.41, 5.74) is 12.6. The zero-order valence-corrected chi connectivity index (χ0v) is 28.2. The van der Waals surface area contributed by atoms with Crippen LogP contribution in [0.15, 0.2) is 199 Å². The summed E-state index contributed by atoms with van der Waals surface area (Å²) in [4.78, 5) is 4.56. The van der Waals surface area contributed by atoms with Crippen LogP contribution in [-0.4, -0.2) is 0 Å². The molecule has 9 aromatic rings. The first kappa shape index (κ1) is 29.8. The van der Waals surface area contributed by atoms with E-state index < -0.39 is 0 Å². The van der Waals surface area contributed by atoms with Crippen molar-refractivity contribution in [3.05, 3.63) is 194 Å². The van der Waals surface area contributed by atoms with Crippen LogP contribution < -0.4 is 14.5 Å². The lowest BCUT2D eigenvalue weighted by molar-refractivity contribution is 0.477. The molecule has 0 unspecified atom stereocenters. The first-order chi connectivity index (χ1) is 25.8. The fourth-order valence-corrected chi connectivity index (χ4v) is 7.38. The van der Waals surface area contributed by atoms with Gasteiger partial charge in [0.15, 0.2) is 11.5 Å². The topological polar surface area (TPSA) is 28.9 Å². The third-order valence-electron chi connectivity index (χ3n) is 9.86. The molecule has 0 N–H and O–H groups in total. The number of furan rings is 1. The summed E-state index contributed by atoms with van der Waals surface area (Å²) >= 11 is 0. The minimum Gasteiger partial charge on any atom is -0.455 e. The van der Waals surface area contributed by atoms with Crippen molar-refractivity contribution < 1.29 is 9.15 Å². The summed E-state index contributed by atoms with van der Waals surface area (Å²) in [6.07, 6.45) is 0. The lowest BCUT2D eigenvalue weighted by Gasteiger charge is -2.33. The van der Waals surface area contributed by atoms with E-state index >= 15 is 0 Å². The van der Waals surface area contributed by atoms with Crippen molar-refractivity contribution in [3.63, 3.8) is 0 Å². The van der Waals surface area contributed by atoms with Crippen LogP contribution in [0, 0.1) is 0 Å². The molecular formula is C48H32N2O2. The van der Waals surface area contributed by atoms with Crippen molar-refractivity contribution in [2.24, 2.45) is 0 Å². The molecule has 0 fully saturated rings. The number of fused-ring (bicyclic) bond motifs is 5. The molecule has 0 spiro atoms. The Morgan fingerprint density at radius 3 is 1.79 bits per heavy atom. The van der Waals surface area contributed by atoms with Gasteiger partial charge in [-0.05, 0) is 95.6 Å². The predicted octanol–water partition coefficient (Wildman–Crippen LogP) is 14.0. The van der Waals surface area contributed by atoms with Gasteiger partial charge >= 0.3 is 0 Å². The van der Waals surface area contributed by atoms with E-state index in [0.29, 0.717) is 0 Å². The van der Waals surface area contributed by atoms with Crippen molar-refractivity contribution in [2.75, 3.05) is 9.80 Å². The van der Waals surface area contributed by atoms with Gasteiger partial charge in [-0.15, -0.1) is 0 Å². The van der Waals surface area contributed by atoms with E-state index in [9.17, 15) is 0 Å². The summed E-state index contributed by atoms with van der Waals surface area (Å²) in [5, 5.41) is 2.27. The smallest absolute Gasteiger partial charge is 0.152 e. The molecule has 0 saturated carbocycles. The van der Waals surface area contributed by atoms with Gasteiger partial charge in [-0.25, -0.2) is 0 Å². The lowest BCUT2D eigenvalue weighted by Crippen LogP contribution is -2.15. The monoisotopic (exact) mass is 668 g/mol. The highest BCUT2D eigenvalue weighted by molar-refractivity contribution is 6.09. The molecule has 1 aromatic heterocycles. The van der Waals surface area contributed by atoms with Gasteiger partial charge in [0.1, 0.15) is 11.2 Å². The Labute approximate surface area is 302 Å². The first-order valence-electron chi connectivity index (χ1n) is 17.5. The van der Waals surface area contributed by atoms with E-state index in [-0.39, 0.29) is 0 Å². The second kappa shape index (κ2) is 12.4. The van der Waals surface area contributed by atoms with Crippen LogP contribution in [0.4, 0.5) is 34.1 Å². The average Bonchev–Trinajstić information content (AvgIpc) is 3.60. The molecule has 10 rings (SSSR count). The third-order valence-corrected chi connectivity index (χ3v) is 9.86.